The predicted molar refractivity (Wildman–Crippen MR) is 93.9 cm³/mol. The van der Waals surface area contributed by atoms with Crippen molar-refractivity contribution in [2.45, 2.75) is 11.8 Å². The van der Waals surface area contributed by atoms with Crippen LogP contribution in [0.5, 0.6) is 11.5 Å². The van der Waals surface area contributed by atoms with Gasteiger partial charge < -0.3 is 9.47 Å². The molecule has 2 aromatic carbocycles. The summed E-state index contributed by atoms with van der Waals surface area (Å²) < 4.78 is 38.1. The summed E-state index contributed by atoms with van der Waals surface area (Å²) in [4.78, 5) is 10.2. The fourth-order valence-electron chi connectivity index (χ4n) is 2.56. The minimum absolute atomic E-state index is 0.0472. The van der Waals surface area contributed by atoms with Crippen LogP contribution in [0.1, 0.15) is 5.56 Å². The average molecular weight is 378 g/mol. The number of benzene rings is 2. The van der Waals surface area contributed by atoms with E-state index in [-0.39, 0.29) is 42.6 Å². The number of hydrogen-bond acceptors (Lipinski definition) is 6. The van der Waals surface area contributed by atoms with E-state index >= 15 is 0 Å². The van der Waals surface area contributed by atoms with E-state index in [4.69, 9.17) is 9.47 Å². The van der Waals surface area contributed by atoms with Gasteiger partial charge in [0.15, 0.2) is 0 Å². The maximum Gasteiger partial charge on any atom is 0.271 e. The normalized spacial score (nSPS) is 15.6. The number of morpholine rings is 1. The molecule has 138 valence electrons. The molecule has 8 nitrogen and oxygen atoms in total. The van der Waals surface area contributed by atoms with Crippen molar-refractivity contribution in [2.24, 2.45) is 0 Å². The summed E-state index contributed by atoms with van der Waals surface area (Å²) in [6, 6.07) is 10.7. The van der Waals surface area contributed by atoms with Gasteiger partial charge in [0.2, 0.25) is 10.0 Å². The Bertz CT molecular complexity index is 905. The van der Waals surface area contributed by atoms with Crippen LogP contribution >= 0.6 is 0 Å². The maximum atomic E-state index is 13.0. The minimum atomic E-state index is -3.95. The van der Waals surface area contributed by atoms with Crippen LogP contribution in [0.15, 0.2) is 47.4 Å². The van der Waals surface area contributed by atoms with E-state index in [0.29, 0.717) is 5.75 Å². The summed E-state index contributed by atoms with van der Waals surface area (Å²) in [5.74, 6) is 0.494. The quantitative estimate of drug-likeness (QED) is 0.586. The molecule has 1 aliphatic rings. The maximum absolute atomic E-state index is 13.0. The number of rotatable bonds is 5. The molecular weight excluding hydrogens is 360 g/mol. The Morgan fingerprint density at radius 3 is 2.38 bits per heavy atom. The van der Waals surface area contributed by atoms with E-state index in [1.807, 2.05) is 19.1 Å². The largest absolute Gasteiger partial charge is 0.456 e. The zero-order chi connectivity index (χ0) is 18.7. The first-order valence-electron chi connectivity index (χ1n) is 7.99. The number of sulfonamides is 1. The van der Waals surface area contributed by atoms with Crippen molar-refractivity contribution < 1.29 is 22.8 Å². The summed E-state index contributed by atoms with van der Waals surface area (Å²) in [5.41, 5.74) is 0.718. The molecule has 0 saturated carbocycles. The molecule has 2 aromatic rings. The Hall–Kier alpha value is -2.49. The Kier molecular flexibility index (Phi) is 5.21. The first kappa shape index (κ1) is 18.3. The van der Waals surface area contributed by atoms with Crippen LogP contribution < -0.4 is 4.74 Å². The second kappa shape index (κ2) is 7.40. The van der Waals surface area contributed by atoms with E-state index < -0.39 is 14.9 Å². The molecule has 0 aliphatic carbocycles. The molecule has 1 fully saturated rings. The molecule has 0 bridgehead atoms. The number of hydrogen-bond donors (Lipinski definition) is 0. The lowest BCUT2D eigenvalue weighted by molar-refractivity contribution is -0.385. The SMILES string of the molecule is Cc1ccc(Oc2ccc([N+](=O)[O-])cc2S(=O)(=O)N2CCOCC2)cc1. The first-order valence-corrected chi connectivity index (χ1v) is 9.43. The van der Waals surface area contributed by atoms with Gasteiger partial charge in [0, 0.05) is 25.2 Å². The summed E-state index contributed by atoms with van der Waals surface area (Å²) >= 11 is 0. The number of nitrogens with zero attached hydrogens (tertiary/aromatic N) is 2. The smallest absolute Gasteiger partial charge is 0.271 e. The van der Waals surface area contributed by atoms with Gasteiger partial charge in [0.1, 0.15) is 16.4 Å². The zero-order valence-corrected chi connectivity index (χ0v) is 14.9. The summed E-state index contributed by atoms with van der Waals surface area (Å²) in [5, 5.41) is 11.1. The highest BCUT2D eigenvalue weighted by atomic mass is 32.2. The lowest BCUT2D eigenvalue weighted by Crippen LogP contribution is -2.40. The number of nitro benzene ring substituents is 1. The molecule has 3 rings (SSSR count). The zero-order valence-electron chi connectivity index (χ0n) is 14.1. The molecule has 0 N–H and O–H groups in total. The highest BCUT2D eigenvalue weighted by Gasteiger charge is 2.31. The molecule has 1 aliphatic heterocycles. The molecular formula is C17H18N2O6S. The Morgan fingerprint density at radius 1 is 1.12 bits per heavy atom. The predicted octanol–water partition coefficient (Wildman–Crippen LogP) is 2.72. The molecule has 0 atom stereocenters. The summed E-state index contributed by atoms with van der Waals surface area (Å²) in [7, 11) is -3.95. The van der Waals surface area contributed by atoms with Gasteiger partial charge in [-0.1, -0.05) is 17.7 Å². The minimum Gasteiger partial charge on any atom is -0.456 e. The van der Waals surface area contributed by atoms with Crippen LogP contribution in [0.3, 0.4) is 0 Å². The molecule has 0 radical (unpaired) electrons. The van der Waals surface area contributed by atoms with Crippen molar-refractivity contribution in [1.29, 1.82) is 0 Å². The van der Waals surface area contributed by atoms with Gasteiger partial charge in [0.05, 0.1) is 18.1 Å². The third-order valence-electron chi connectivity index (χ3n) is 3.97. The first-order chi connectivity index (χ1) is 12.4. The van der Waals surface area contributed by atoms with Gasteiger partial charge >= 0.3 is 0 Å². The molecule has 9 heteroatoms. The molecule has 1 heterocycles. The van der Waals surface area contributed by atoms with Gasteiger partial charge in [-0.3, -0.25) is 10.1 Å². The van der Waals surface area contributed by atoms with Gasteiger partial charge in [-0.15, -0.1) is 0 Å². The number of aryl methyl sites for hydroxylation is 1. The van der Waals surface area contributed by atoms with Crippen LogP contribution in [0.25, 0.3) is 0 Å². The average Bonchev–Trinajstić information content (AvgIpc) is 2.64. The van der Waals surface area contributed by atoms with Crippen LogP contribution in [0.2, 0.25) is 0 Å². The monoisotopic (exact) mass is 378 g/mol. The van der Waals surface area contributed by atoms with Gasteiger partial charge in [0.25, 0.3) is 5.69 Å². The van der Waals surface area contributed by atoms with Crippen LogP contribution in [-0.2, 0) is 14.8 Å². The second-order valence-electron chi connectivity index (χ2n) is 5.82. The molecule has 0 spiro atoms. The lowest BCUT2D eigenvalue weighted by Gasteiger charge is -2.26. The summed E-state index contributed by atoms with van der Waals surface area (Å²) in [6.07, 6.45) is 0. The Balaban J connectivity index is 2.03. The molecule has 0 aromatic heterocycles. The van der Waals surface area contributed by atoms with E-state index in [9.17, 15) is 18.5 Å². The summed E-state index contributed by atoms with van der Waals surface area (Å²) in [6.45, 7) is 2.86. The van der Waals surface area contributed by atoms with Crippen LogP contribution in [-0.4, -0.2) is 43.9 Å². The van der Waals surface area contributed by atoms with Crippen LogP contribution in [0, 0.1) is 17.0 Å². The van der Waals surface area contributed by atoms with Gasteiger partial charge in [-0.25, -0.2) is 8.42 Å². The van der Waals surface area contributed by atoms with Gasteiger partial charge in [-0.05, 0) is 25.1 Å². The highest BCUT2D eigenvalue weighted by molar-refractivity contribution is 7.89. The van der Waals surface area contributed by atoms with E-state index in [2.05, 4.69) is 0 Å². The van der Waals surface area contributed by atoms with Crippen molar-refractivity contribution in [3.05, 3.63) is 58.1 Å². The standard InChI is InChI=1S/C17H18N2O6S/c1-13-2-5-15(6-3-13)25-16-7-4-14(19(20)21)12-17(16)26(22,23)18-8-10-24-11-9-18/h2-7,12H,8-11H2,1H3. The van der Waals surface area contributed by atoms with Crippen molar-refractivity contribution in [3.8, 4) is 11.5 Å². The molecule has 1 saturated heterocycles. The van der Waals surface area contributed by atoms with E-state index in [1.165, 1.54) is 16.4 Å². The molecule has 0 amide bonds. The fourth-order valence-corrected chi connectivity index (χ4v) is 4.10. The lowest BCUT2D eigenvalue weighted by atomic mass is 10.2. The van der Waals surface area contributed by atoms with Crippen molar-refractivity contribution in [2.75, 3.05) is 26.3 Å². The van der Waals surface area contributed by atoms with Crippen molar-refractivity contribution >= 4 is 15.7 Å². The van der Waals surface area contributed by atoms with E-state index in [1.54, 1.807) is 12.1 Å². The highest BCUT2D eigenvalue weighted by Crippen LogP contribution is 2.34. The molecule has 0 unspecified atom stereocenters. The van der Waals surface area contributed by atoms with Crippen molar-refractivity contribution in [1.82, 2.24) is 4.31 Å². The van der Waals surface area contributed by atoms with Crippen LogP contribution in [0.4, 0.5) is 5.69 Å². The molecule has 26 heavy (non-hydrogen) atoms. The Morgan fingerprint density at radius 2 is 1.77 bits per heavy atom. The number of nitro groups is 1. The topological polar surface area (TPSA) is 99.0 Å². The third kappa shape index (κ3) is 3.85. The second-order valence-corrected chi connectivity index (χ2v) is 7.73. The van der Waals surface area contributed by atoms with E-state index in [0.717, 1.165) is 11.6 Å². The van der Waals surface area contributed by atoms with Gasteiger partial charge in [-0.2, -0.15) is 4.31 Å². The number of ether oxygens (including phenoxy) is 2. The number of non-ortho nitro benzene ring substituents is 1. The fraction of sp³-hybridized carbons (Fsp3) is 0.294. The Labute approximate surface area is 151 Å². The third-order valence-corrected chi connectivity index (χ3v) is 5.89. The van der Waals surface area contributed by atoms with Crippen molar-refractivity contribution in [3.63, 3.8) is 0 Å².